The molecule has 3 aromatic carbocycles. The van der Waals surface area contributed by atoms with Crippen LogP contribution in [0.4, 0.5) is 17.1 Å². The van der Waals surface area contributed by atoms with E-state index in [0.717, 1.165) is 16.1 Å². The van der Waals surface area contributed by atoms with Gasteiger partial charge in [0.15, 0.2) is 0 Å². The van der Waals surface area contributed by atoms with Crippen LogP contribution >= 0.6 is 11.8 Å². The average Bonchev–Trinajstić information content (AvgIpc) is 2.76. The number of hydrogen-bond acceptors (Lipinski definition) is 5. The van der Waals surface area contributed by atoms with Crippen LogP contribution in [0, 0.1) is 17.0 Å². The van der Waals surface area contributed by atoms with Crippen molar-refractivity contribution in [3.05, 3.63) is 94.0 Å². The Morgan fingerprint density at radius 3 is 2.35 bits per heavy atom. The largest absolute Gasteiger partial charge is 0.325 e. The lowest BCUT2D eigenvalue weighted by atomic mass is 10.2. The highest BCUT2D eigenvalue weighted by molar-refractivity contribution is 8.00. The number of anilines is 2. The molecular formula is C23H21N3O4S. The van der Waals surface area contributed by atoms with E-state index in [2.05, 4.69) is 10.6 Å². The number of thioether (sulfide) groups is 1. The molecule has 2 amide bonds. The smallest absolute Gasteiger partial charge is 0.270 e. The van der Waals surface area contributed by atoms with E-state index in [1.54, 1.807) is 12.1 Å². The van der Waals surface area contributed by atoms with Crippen molar-refractivity contribution in [2.75, 3.05) is 10.6 Å². The molecule has 0 aliphatic heterocycles. The van der Waals surface area contributed by atoms with Crippen LogP contribution < -0.4 is 10.6 Å². The summed E-state index contributed by atoms with van der Waals surface area (Å²) in [5.74, 6) is -0.530. The van der Waals surface area contributed by atoms with Crippen LogP contribution in [0.25, 0.3) is 0 Å². The van der Waals surface area contributed by atoms with Crippen LogP contribution in [0.15, 0.2) is 77.7 Å². The SMILES string of the molecule is Cc1ccccc1NC(=O)C(C)Sc1ccc(NC(=O)c2cccc([N+](=O)[O-])c2)cc1. The lowest BCUT2D eigenvalue weighted by molar-refractivity contribution is -0.384. The number of benzene rings is 3. The Kier molecular flexibility index (Phi) is 7.04. The predicted molar refractivity (Wildman–Crippen MR) is 123 cm³/mol. The van der Waals surface area contributed by atoms with Gasteiger partial charge < -0.3 is 10.6 Å². The van der Waals surface area contributed by atoms with Crippen molar-refractivity contribution in [2.45, 2.75) is 24.0 Å². The first-order chi connectivity index (χ1) is 14.8. The highest BCUT2D eigenvalue weighted by atomic mass is 32.2. The number of aryl methyl sites for hydroxylation is 1. The predicted octanol–water partition coefficient (Wildman–Crippen LogP) is 5.27. The molecule has 8 heteroatoms. The maximum Gasteiger partial charge on any atom is 0.270 e. The number of nitrogens with zero attached hydrogens (tertiary/aromatic N) is 1. The van der Waals surface area contributed by atoms with E-state index < -0.39 is 10.8 Å². The third kappa shape index (κ3) is 5.93. The fraction of sp³-hybridized carbons (Fsp3) is 0.130. The van der Waals surface area contributed by atoms with Crippen molar-refractivity contribution in [3.8, 4) is 0 Å². The van der Waals surface area contributed by atoms with Gasteiger partial charge in [0.2, 0.25) is 5.91 Å². The minimum absolute atomic E-state index is 0.0950. The zero-order valence-electron chi connectivity index (χ0n) is 17.0. The van der Waals surface area contributed by atoms with E-state index >= 15 is 0 Å². The molecule has 2 N–H and O–H groups in total. The van der Waals surface area contributed by atoms with Gasteiger partial charge in [-0.2, -0.15) is 0 Å². The molecule has 0 aromatic heterocycles. The van der Waals surface area contributed by atoms with Gasteiger partial charge in [0.1, 0.15) is 0 Å². The maximum atomic E-state index is 12.5. The lowest BCUT2D eigenvalue weighted by Crippen LogP contribution is -2.22. The zero-order chi connectivity index (χ0) is 22.4. The average molecular weight is 436 g/mol. The first-order valence-electron chi connectivity index (χ1n) is 9.52. The van der Waals surface area contributed by atoms with Crippen molar-refractivity contribution < 1.29 is 14.5 Å². The first-order valence-corrected chi connectivity index (χ1v) is 10.4. The highest BCUT2D eigenvalue weighted by Crippen LogP contribution is 2.26. The van der Waals surface area contributed by atoms with Crippen LogP contribution in [0.1, 0.15) is 22.8 Å². The monoisotopic (exact) mass is 435 g/mol. The van der Waals surface area contributed by atoms with Crippen LogP contribution in [0.2, 0.25) is 0 Å². The van der Waals surface area contributed by atoms with Gasteiger partial charge in [-0.25, -0.2) is 0 Å². The highest BCUT2D eigenvalue weighted by Gasteiger charge is 2.16. The number of nitro groups is 1. The Hall–Kier alpha value is -3.65. The van der Waals surface area contributed by atoms with Crippen molar-refractivity contribution >= 4 is 40.6 Å². The maximum absolute atomic E-state index is 12.5. The van der Waals surface area contributed by atoms with Gasteiger partial charge in [-0.3, -0.25) is 19.7 Å². The number of non-ortho nitro benzene ring substituents is 1. The molecule has 1 atom stereocenters. The second-order valence-electron chi connectivity index (χ2n) is 6.85. The molecule has 0 aliphatic carbocycles. The molecule has 0 aliphatic rings. The summed E-state index contributed by atoms with van der Waals surface area (Å²) in [7, 11) is 0. The van der Waals surface area contributed by atoms with Gasteiger partial charge in [0.25, 0.3) is 11.6 Å². The summed E-state index contributed by atoms with van der Waals surface area (Å²) >= 11 is 1.41. The van der Waals surface area contributed by atoms with Gasteiger partial charge in [0.05, 0.1) is 10.2 Å². The third-order valence-electron chi connectivity index (χ3n) is 4.52. The van der Waals surface area contributed by atoms with Gasteiger partial charge in [-0.1, -0.05) is 24.3 Å². The molecule has 0 saturated carbocycles. The van der Waals surface area contributed by atoms with Crippen molar-refractivity contribution in [1.82, 2.24) is 0 Å². The summed E-state index contributed by atoms with van der Waals surface area (Å²) in [5.41, 5.74) is 2.40. The molecule has 0 saturated heterocycles. The molecule has 1 unspecified atom stereocenters. The molecule has 0 bridgehead atoms. The van der Waals surface area contributed by atoms with Crippen LogP contribution in [-0.2, 0) is 4.79 Å². The Balaban J connectivity index is 1.59. The van der Waals surface area contributed by atoms with Crippen LogP contribution in [-0.4, -0.2) is 22.0 Å². The molecule has 0 spiro atoms. The minimum atomic E-state index is -0.542. The van der Waals surface area contributed by atoms with Crippen LogP contribution in [0.3, 0.4) is 0 Å². The molecule has 3 rings (SSSR count). The second kappa shape index (κ2) is 9.90. The minimum Gasteiger partial charge on any atom is -0.325 e. The molecule has 0 radical (unpaired) electrons. The molecule has 0 fully saturated rings. The number of nitrogens with one attached hydrogen (secondary N) is 2. The van der Waals surface area contributed by atoms with Crippen molar-refractivity contribution in [3.63, 3.8) is 0 Å². The number of amides is 2. The lowest BCUT2D eigenvalue weighted by Gasteiger charge is -2.14. The molecule has 158 valence electrons. The molecule has 31 heavy (non-hydrogen) atoms. The molecule has 3 aromatic rings. The normalized spacial score (nSPS) is 11.4. The molecular weight excluding hydrogens is 414 g/mol. The summed E-state index contributed by atoms with van der Waals surface area (Å²) < 4.78 is 0. The van der Waals surface area contributed by atoms with E-state index in [0.29, 0.717) is 5.69 Å². The number of rotatable bonds is 7. The first kappa shape index (κ1) is 22.0. The number of carbonyl (C=O) groups is 2. The summed E-state index contributed by atoms with van der Waals surface area (Å²) in [6.45, 7) is 3.77. The van der Waals surface area contributed by atoms with Crippen molar-refractivity contribution in [1.29, 1.82) is 0 Å². The van der Waals surface area contributed by atoms with Gasteiger partial charge in [0, 0.05) is 34.0 Å². The standard InChI is InChI=1S/C23H21N3O4S/c1-15-6-3-4-9-21(15)25-22(27)16(2)31-20-12-10-18(11-13-20)24-23(28)17-7-5-8-19(14-17)26(29)30/h3-14,16H,1-2H3,(H,24,28)(H,25,27). The third-order valence-corrected chi connectivity index (χ3v) is 5.63. The molecule has 0 heterocycles. The zero-order valence-corrected chi connectivity index (χ0v) is 17.8. The fourth-order valence-electron chi connectivity index (χ4n) is 2.79. The van der Waals surface area contributed by atoms with E-state index in [9.17, 15) is 19.7 Å². The summed E-state index contributed by atoms with van der Waals surface area (Å²) in [5, 5.41) is 16.2. The fourth-order valence-corrected chi connectivity index (χ4v) is 3.65. The van der Waals surface area contributed by atoms with Gasteiger partial charge in [-0.05, 0) is 55.8 Å². The van der Waals surface area contributed by atoms with E-state index in [4.69, 9.17) is 0 Å². The van der Waals surface area contributed by atoms with Crippen LogP contribution in [0.5, 0.6) is 0 Å². The summed E-state index contributed by atoms with van der Waals surface area (Å²) in [6, 6.07) is 20.2. The Labute approximate surface area is 184 Å². The van der Waals surface area contributed by atoms with E-state index in [1.807, 2.05) is 50.2 Å². The Bertz CT molecular complexity index is 1120. The van der Waals surface area contributed by atoms with E-state index in [-0.39, 0.29) is 22.4 Å². The van der Waals surface area contributed by atoms with E-state index in [1.165, 1.54) is 36.0 Å². The van der Waals surface area contributed by atoms with Gasteiger partial charge >= 0.3 is 0 Å². The molecule has 7 nitrogen and oxygen atoms in total. The topological polar surface area (TPSA) is 101 Å². The quantitative estimate of drug-likeness (QED) is 0.299. The Morgan fingerprint density at radius 2 is 1.68 bits per heavy atom. The summed E-state index contributed by atoms with van der Waals surface area (Å²) in [6.07, 6.45) is 0. The number of nitro benzene ring substituents is 1. The number of hydrogen-bond donors (Lipinski definition) is 2. The second-order valence-corrected chi connectivity index (χ2v) is 8.26. The Morgan fingerprint density at radius 1 is 0.968 bits per heavy atom. The van der Waals surface area contributed by atoms with Gasteiger partial charge in [-0.15, -0.1) is 11.8 Å². The summed E-state index contributed by atoms with van der Waals surface area (Å²) in [4.78, 5) is 36.0. The number of para-hydroxylation sites is 1. The number of carbonyl (C=O) groups excluding carboxylic acids is 2. The van der Waals surface area contributed by atoms with Crippen molar-refractivity contribution in [2.24, 2.45) is 0 Å².